The van der Waals surface area contributed by atoms with Crippen molar-refractivity contribution in [3.05, 3.63) is 32.9 Å². The van der Waals surface area contributed by atoms with Gasteiger partial charge in [0.05, 0.1) is 10.2 Å². The van der Waals surface area contributed by atoms with E-state index >= 15 is 0 Å². The number of rotatable bonds is 2. The van der Waals surface area contributed by atoms with E-state index in [0.717, 1.165) is 20.7 Å². The molecule has 14 heavy (non-hydrogen) atoms. The molecule has 2 aromatic heterocycles. The van der Waals surface area contributed by atoms with Crippen LogP contribution in [0.2, 0.25) is 0 Å². The first-order valence-corrected chi connectivity index (χ1v) is 6.08. The summed E-state index contributed by atoms with van der Waals surface area (Å²) in [6.45, 7) is 0. The predicted octanol–water partition coefficient (Wildman–Crippen LogP) is 3.70. The van der Waals surface area contributed by atoms with Gasteiger partial charge in [-0.3, -0.25) is 4.98 Å². The molecule has 0 radical (unpaired) electrons. The lowest BCUT2D eigenvalue weighted by atomic mass is 10.2. The maximum Gasteiger partial charge on any atom is 0.0903 e. The molecule has 2 nitrogen and oxygen atoms in total. The molecular weight excluding hydrogens is 307 g/mol. The summed E-state index contributed by atoms with van der Waals surface area (Å²) in [6, 6.07) is 3.95. The summed E-state index contributed by atoms with van der Waals surface area (Å²) in [5.41, 5.74) is 1.84. The Balaban J connectivity index is 2.78. The number of hydrogen-bond donors (Lipinski definition) is 1. The third-order valence-corrected chi connectivity index (χ3v) is 3.35. The number of nitrogens with zero attached hydrogens (tertiary/aromatic N) is 1. The van der Waals surface area contributed by atoms with Crippen LogP contribution >= 0.6 is 33.9 Å². The lowest BCUT2D eigenvalue weighted by Gasteiger charge is -1.89. The van der Waals surface area contributed by atoms with Crippen molar-refractivity contribution in [2.45, 2.75) is 0 Å². The van der Waals surface area contributed by atoms with Gasteiger partial charge in [-0.1, -0.05) is 22.6 Å². The molecule has 2 aromatic rings. The molecule has 0 saturated heterocycles. The molecule has 0 bridgehead atoms. The Labute approximate surface area is 99.3 Å². The van der Waals surface area contributed by atoms with Crippen molar-refractivity contribution in [2.24, 2.45) is 0 Å². The Bertz CT molecular complexity index is 502. The second-order valence-electron chi connectivity index (χ2n) is 2.67. The van der Waals surface area contributed by atoms with E-state index in [-0.39, 0.29) is 0 Å². The Morgan fingerprint density at radius 3 is 3.07 bits per heavy atom. The number of halogens is 1. The maximum atomic E-state index is 7.37. The summed E-state index contributed by atoms with van der Waals surface area (Å²) in [7, 11) is 0. The highest BCUT2D eigenvalue weighted by Crippen LogP contribution is 2.29. The zero-order valence-corrected chi connectivity index (χ0v) is 10.2. The van der Waals surface area contributed by atoms with Crippen molar-refractivity contribution in [1.82, 2.24) is 4.98 Å². The molecule has 0 aliphatic heterocycles. The quantitative estimate of drug-likeness (QED) is 0.666. The average Bonchev–Trinajstić information content (AvgIpc) is 2.55. The van der Waals surface area contributed by atoms with Crippen molar-refractivity contribution in [3.8, 4) is 0 Å². The molecule has 2 heterocycles. The summed E-state index contributed by atoms with van der Waals surface area (Å²) >= 11 is 3.85. The standard InChI is InChI=1S/C10H7IN2S/c11-4-3-8-7(6-12)10-9(14-8)2-1-5-13-10/h1-6,12H/b4-3-,12-6?. The average molecular weight is 314 g/mol. The van der Waals surface area contributed by atoms with Crippen LogP contribution < -0.4 is 0 Å². The molecule has 4 heteroatoms. The van der Waals surface area contributed by atoms with Gasteiger partial charge in [0.1, 0.15) is 0 Å². The first kappa shape index (κ1) is 9.79. The molecule has 2 rings (SSSR count). The van der Waals surface area contributed by atoms with Crippen LogP contribution in [-0.4, -0.2) is 11.2 Å². The first-order chi connectivity index (χ1) is 6.86. The molecule has 70 valence electrons. The minimum absolute atomic E-state index is 0.915. The number of nitrogens with one attached hydrogen (secondary N) is 1. The molecule has 0 spiro atoms. The van der Waals surface area contributed by atoms with Crippen LogP contribution in [0.5, 0.6) is 0 Å². The number of pyridine rings is 1. The Kier molecular flexibility index (Phi) is 2.93. The molecule has 1 N–H and O–H groups in total. The fraction of sp³-hybridized carbons (Fsp3) is 0. The van der Waals surface area contributed by atoms with Crippen molar-refractivity contribution < 1.29 is 0 Å². The van der Waals surface area contributed by atoms with Crippen LogP contribution in [0.15, 0.2) is 22.4 Å². The highest BCUT2D eigenvalue weighted by Gasteiger charge is 2.07. The van der Waals surface area contributed by atoms with Gasteiger partial charge in [-0.15, -0.1) is 11.3 Å². The van der Waals surface area contributed by atoms with E-state index < -0.39 is 0 Å². The third kappa shape index (κ3) is 1.59. The van der Waals surface area contributed by atoms with Crippen molar-refractivity contribution in [3.63, 3.8) is 0 Å². The van der Waals surface area contributed by atoms with Gasteiger partial charge in [-0.2, -0.15) is 0 Å². The zero-order valence-electron chi connectivity index (χ0n) is 7.20. The second-order valence-corrected chi connectivity index (χ2v) is 4.47. The fourth-order valence-electron chi connectivity index (χ4n) is 1.29. The summed E-state index contributed by atoms with van der Waals surface area (Å²) in [4.78, 5) is 5.38. The normalized spacial score (nSPS) is 11.2. The van der Waals surface area contributed by atoms with Crippen molar-refractivity contribution >= 4 is 56.4 Å². The van der Waals surface area contributed by atoms with Crippen molar-refractivity contribution in [1.29, 1.82) is 5.41 Å². The maximum absolute atomic E-state index is 7.37. The fourth-order valence-corrected chi connectivity index (χ4v) is 2.93. The SMILES string of the molecule is N=Cc1c(/C=C\I)sc2cccnc12. The second kappa shape index (κ2) is 4.18. The Hall–Kier alpha value is -0.750. The molecule has 0 fully saturated rings. The highest BCUT2D eigenvalue weighted by molar-refractivity contribution is 14.1. The third-order valence-electron chi connectivity index (χ3n) is 1.87. The molecular formula is C10H7IN2S. The molecule has 0 atom stereocenters. The lowest BCUT2D eigenvalue weighted by molar-refractivity contribution is 1.42. The molecule has 0 amide bonds. The van der Waals surface area contributed by atoms with Crippen LogP contribution in [-0.2, 0) is 0 Å². The van der Waals surface area contributed by atoms with Gasteiger partial charge in [0.25, 0.3) is 0 Å². The minimum atomic E-state index is 0.915. The number of hydrogen-bond acceptors (Lipinski definition) is 3. The molecule has 0 aliphatic rings. The summed E-state index contributed by atoms with van der Waals surface area (Å²) in [5, 5.41) is 7.37. The van der Waals surface area contributed by atoms with Crippen LogP contribution in [0.4, 0.5) is 0 Å². The van der Waals surface area contributed by atoms with Crippen molar-refractivity contribution in [2.75, 3.05) is 0 Å². The van der Waals surface area contributed by atoms with Gasteiger partial charge in [0.2, 0.25) is 0 Å². The summed E-state index contributed by atoms with van der Waals surface area (Å²) in [6.07, 6.45) is 5.14. The van der Waals surface area contributed by atoms with Crippen LogP contribution in [0.3, 0.4) is 0 Å². The first-order valence-electron chi connectivity index (χ1n) is 4.01. The van der Waals surface area contributed by atoms with Gasteiger partial charge in [0.15, 0.2) is 0 Å². The Morgan fingerprint density at radius 1 is 1.50 bits per heavy atom. The van der Waals surface area contributed by atoms with Crippen LogP contribution in [0.25, 0.3) is 16.3 Å². The highest BCUT2D eigenvalue weighted by atomic mass is 127. The number of fused-ring (bicyclic) bond motifs is 1. The largest absolute Gasteiger partial charge is 0.308 e. The summed E-state index contributed by atoms with van der Waals surface area (Å²) < 4.78 is 3.09. The van der Waals surface area contributed by atoms with E-state index in [9.17, 15) is 0 Å². The molecule has 0 aliphatic carbocycles. The lowest BCUT2D eigenvalue weighted by Crippen LogP contribution is -1.81. The number of thiophene rings is 1. The smallest absolute Gasteiger partial charge is 0.0903 e. The molecule has 0 aromatic carbocycles. The minimum Gasteiger partial charge on any atom is -0.308 e. The Morgan fingerprint density at radius 2 is 2.36 bits per heavy atom. The van der Waals surface area contributed by atoms with E-state index in [0.29, 0.717) is 0 Å². The van der Waals surface area contributed by atoms with E-state index in [2.05, 4.69) is 27.6 Å². The van der Waals surface area contributed by atoms with E-state index in [1.807, 2.05) is 22.3 Å². The van der Waals surface area contributed by atoms with E-state index in [1.165, 1.54) is 6.21 Å². The monoisotopic (exact) mass is 314 g/mol. The van der Waals surface area contributed by atoms with E-state index in [1.54, 1.807) is 17.5 Å². The summed E-state index contributed by atoms with van der Waals surface area (Å²) in [5.74, 6) is 0. The van der Waals surface area contributed by atoms with Crippen LogP contribution in [0, 0.1) is 5.41 Å². The van der Waals surface area contributed by atoms with Gasteiger partial charge < -0.3 is 5.41 Å². The van der Waals surface area contributed by atoms with Gasteiger partial charge >= 0.3 is 0 Å². The van der Waals surface area contributed by atoms with Gasteiger partial charge in [-0.25, -0.2) is 0 Å². The van der Waals surface area contributed by atoms with Gasteiger partial charge in [-0.05, 0) is 22.3 Å². The zero-order chi connectivity index (χ0) is 9.97. The molecule has 0 saturated carbocycles. The molecule has 0 unspecified atom stereocenters. The van der Waals surface area contributed by atoms with E-state index in [4.69, 9.17) is 5.41 Å². The van der Waals surface area contributed by atoms with Crippen LogP contribution in [0.1, 0.15) is 10.4 Å². The van der Waals surface area contributed by atoms with Gasteiger partial charge in [0, 0.05) is 22.9 Å². The number of aromatic nitrogens is 1. The predicted molar refractivity (Wildman–Crippen MR) is 70.6 cm³/mol. The topological polar surface area (TPSA) is 36.7 Å².